The van der Waals surface area contributed by atoms with Gasteiger partial charge in [0.15, 0.2) is 5.96 Å². The van der Waals surface area contributed by atoms with Crippen LogP contribution in [0.3, 0.4) is 0 Å². The molecule has 2 unspecified atom stereocenters. The van der Waals surface area contributed by atoms with E-state index in [1.807, 2.05) is 30.3 Å². The van der Waals surface area contributed by atoms with Crippen molar-refractivity contribution in [1.29, 1.82) is 0 Å². The number of benzene rings is 2. The number of carbonyl (C=O) groups excluding carboxylic acids is 1. The third-order valence-electron chi connectivity index (χ3n) is 5.58. The molecule has 7 heteroatoms. The second-order valence-corrected chi connectivity index (χ2v) is 8.00. The fraction of sp³-hybridized carbons (Fsp3) is 0.440. The Balaban J connectivity index is 0.00000363. The summed E-state index contributed by atoms with van der Waals surface area (Å²) in [6.45, 7) is 4.76. The number of nitrogens with zero attached hydrogens (tertiary/aromatic N) is 1. The molecule has 6 nitrogen and oxygen atoms in total. The van der Waals surface area contributed by atoms with Crippen LogP contribution in [0.2, 0.25) is 0 Å². The summed E-state index contributed by atoms with van der Waals surface area (Å²) in [4.78, 5) is 16.4. The quantitative estimate of drug-likeness (QED) is 0.265. The first-order chi connectivity index (χ1) is 15.2. The van der Waals surface area contributed by atoms with Crippen LogP contribution in [0, 0.1) is 12.8 Å². The topological polar surface area (TPSA) is 74.8 Å². The van der Waals surface area contributed by atoms with E-state index in [4.69, 9.17) is 4.74 Å². The highest BCUT2D eigenvalue weighted by Gasteiger charge is 2.27. The Morgan fingerprint density at radius 2 is 1.81 bits per heavy atom. The summed E-state index contributed by atoms with van der Waals surface area (Å²) in [6.07, 6.45) is 2.68. The molecule has 1 fully saturated rings. The first-order valence-corrected chi connectivity index (χ1v) is 11.1. The zero-order chi connectivity index (χ0) is 21.9. The van der Waals surface area contributed by atoms with Gasteiger partial charge in [0.2, 0.25) is 5.91 Å². The van der Waals surface area contributed by atoms with Crippen molar-refractivity contribution >= 4 is 35.8 Å². The Morgan fingerprint density at radius 1 is 1.06 bits per heavy atom. The first-order valence-electron chi connectivity index (χ1n) is 11.1. The lowest BCUT2D eigenvalue weighted by atomic mass is 9.89. The Hall–Kier alpha value is -2.13. The summed E-state index contributed by atoms with van der Waals surface area (Å²) in [5.41, 5.74) is 3.58. The van der Waals surface area contributed by atoms with Crippen LogP contribution in [0.1, 0.15) is 42.1 Å². The number of aliphatic imine (C=N–C) groups is 1. The lowest BCUT2D eigenvalue weighted by Gasteiger charge is -2.32. The second-order valence-electron chi connectivity index (χ2n) is 8.00. The maximum Gasteiger partial charge on any atom is 0.222 e. The number of amides is 1. The van der Waals surface area contributed by atoms with Crippen LogP contribution in [0.25, 0.3) is 0 Å². The van der Waals surface area contributed by atoms with Gasteiger partial charge in [0.05, 0.1) is 6.10 Å². The van der Waals surface area contributed by atoms with Gasteiger partial charge in [-0.05, 0) is 30.9 Å². The van der Waals surface area contributed by atoms with Crippen LogP contribution in [0.5, 0.6) is 0 Å². The third-order valence-corrected chi connectivity index (χ3v) is 5.58. The summed E-state index contributed by atoms with van der Waals surface area (Å²) in [5, 5.41) is 9.59. The zero-order valence-corrected chi connectivity index (χ0v) is 21.3. The fourth-order valence-electron chi connectivity index (χ4n) is 3.80. The normalized spacial score (nSPS) is 18.4. The van der Waals surface area contributed by atoms with Crippen LogP contribution in [0.15, 0.2) is 59.6 Å². The average Bonchev–Trinajstić information content (AvgIpc) is 2.81. The molecule has 174 valence electrons. The molecule has 2 aromatic rings. The van der Waals surface area contributed by atoms with Crippen molar-refractivity contribution in [1.82, 2.24) is 16.0 Å². The van der Waals surface area contributed by atoms with Gasteiger partial charge in [0.1, 0.15) is 0 Å². The predicted molar refractivity (Wildman–Crippen MR) is 140 cm³/mol. The van der Waals surface area contributed by atoms with Crippen LogP contribution < -0.4 is 16.0 Å². The number of hydrogen-bond donors (Lipinski definition) is 3. The summed E-state index contributed by atoms with van der Waals surface area (Å²) in [7, 11) is 1.75. The Labute approximate surface area is 208 Å². The van der Waals surface area contributed by atoms with Crippen LogP contribution in [-0.4, -0.2) is 38.6 Å². The van der Waals surface area contributed by atoms with E-state index in [9.17, 15) is 4.79 Å². The van der Waals surface area contributed by atoms with E-state index in [-0.39, 0.29) is 36.0 Å². The van der Waals surface area contributed by atoms with Crippen molar-refractivity contribution in [3.63, 3.8) is 0 Å². The molecule has 0 saturated carbocycles. The monoisotopic (exact) mass is 550 g/mol. The average molecular weight is 550 g/mol. The lowest BCUT2D eigenvalue weighted by Crippen LogP contribution is -2.43. The molecule has 1 amide bonds. The Bertz CT molecular complexity index is 843. The molecular weight excluding hydrogens is 515 g/mol. The van der Waals surface area contributed by atoms with Crippen molar-refractivity contribution in [3.8, 4) is 0 Å². The number of guanidine groups is 1. The molecule has 1 heterocycles. The first kappa shape index (κ1) is 26.1. The van der Waals surface area contributed by atoms with Crippen molar-refractivity contribution in [3.05, 3.63) is 71.3 Å². The lowest BCUT2D eigenvalue weighted by molar-refractivity contribution is -0.121. The van der Waals surface area contributed by atoms with Gasteiger partial charge in [-0.3, -0.25) is 9.79 Å². The molecule has 0 radical (unpaired) electrons. The number of ether oxygens (including phenoxy) is 1. The highest BCUT2D eigenvalue weighted by atomic mass is 127. The summed E-state index contributed by atoms with van der Waals surface area (Å²) in [6, 6.07) is 18.5. The molecule has 1 aliphatic heterocycles. The maximum absolute atomic E-state index is 12.1. The molecule has 3 N–H and O–H groups in total. The van der Waals surface area contributed by atoms with E-state index >= 15 is 0 Å². The minimum absolute atomic E-state index is 0. The summed E-state index contributed by atoms with van der Waals surface area (Å²) >= 11 is 0. The van der Waals surface area contributed by atoms with E-state index in [0.717, 1.165) is 31.6 Å². The standard InChI is InChI=1S/C25H34N4O2.HI/c1-19-10-12-21(13-11-19)24-22(9-6-16-31-24)18-29-25(26-2)27-15-14-23(30)28-17-20-7-4-3-5-8-20;/h3-5,7-8,10-13,22,24H,6,9,14-18H2,1-2H3,(H,28,30)(H2,26,27,29);1H. The van der Waals surface area contributed by atoms with Gasteiger partial charge in [0.25, 0.3) is 0 Å². The molecule has 3 rings (SSSR count). The van der Waals surface area contributed by atoms with Gasteiger partial charge in [-0.25, -0.2) is 0 Å². The number of aryl methyl sites for hydroxylation is 1. The SMILES string of the molecule is CN=C(NCCC(=O)NCc1ccccc1)NCC1CCCOC1c1ccc(C)cc1.I. The smallest absolute Gasteiger partial charge is 0.222 e. The molecule has 2 aromatic carbocycles. The molecule has 0 spiro atoms. The van der Waals surface area contributed by atoms with Gasteiger partial charge >= 0.3 is 0 Å². The van der Waals surface area contributed by atoms with Crippen LogP contribution >= 0.6 is 24.0 Å². The van der Waals surface area contributed by atoms with Gasteiger partial charge in [-0.1, -0.05) is 60.2 Å². The van der Waals surface area contributed by atoms with Crippen LogP contribution in [-0.2, 0) is 16.1 Å². The third kappa shape index (κ3) is 8.43. The van der Waals surface area contributed by atoms with Crippen molar-refractivity contribution < 1.29 is 9.53 Å². The second kappa shape index (κ2) is 14.1. The summed E-state index contributed by atoms with van der Waals surface area (Å²) < 4.78 is 6.11. The van der Waals surface area contributed by atoms with Crippen molar-refractivity contribution in [2.45, 2.75) is 38.8 Å². The number of halogens is 1. The number of nitrogens with one attached hydrogen (secondary N) is 3. The minimum Gasteiger partial charge on any atom is -0.373 e. The largest absolute Gasteiger partial charge is 0.373 e. The molecule has 1 aliphatic rings. The predicted octanol–water partition coefficient (Wildman–Crippen LogP) is 3.95. The number of hydrogen-bond acceptors (Lipinski definition) is 3. The highest BCUT2D eigenvalue weighted by molar-refractivity contribution is 14.0. The fourth-order valence-corrected chi connectivity index (χ4v) is 3.80. The summed E-state index contributed by atoms with van der Waals surface area (Å²) in [5.74, 6) is 1.11. The Kier molecular flexibility index (Phi) is 11.5. The zero-order valence-electron chi connectivity index (χ0n) is 19.0. The van der Waals surface area contributed by atoms with Crippen molar-refractivity contribution in [2.75, 3.05) is 26.7 Å². The maximum atomic E-state index is 12.1. The molecule has 1 saturated heterocycles. The minimum atomic E-state index is 0. The molecule has 0 aromatic heterocycles. The van der Waals surface area contributed by atoms with E-state index in [1.54, 1.807) is 7.05 Å². The number of carbonyl (C=O) groups is 1. The van der Waals surface area contributed by atoms with E-state index in [1.165, 1.54) is 11.1 Å². The van der Waals surface area contributed by atoms with Crippen LogP contribution in [0.4, 0.5) is 0 Å². The van der Waals surface area contributed by atoms with Gasteiger partial charge < -0.3 is 20.7 Å². The Morgan fingerprint density at radius 3 is 2.53 bits per heavy atom. The molecule has 0 bridgehead atoms. The van der Waals surface area contributed by atoms with E-state index in [2.05, 4.69) is 52.1 Å². The van der Waals surface area contributed by atoms with E-state index in [0.29, 0.717) is 31.4 Å². The molecule has 0 aliphatic carbocycles. The van der Waals surface area contributed by atoms with Gasteiger partial charge in [-0.15, -0.1) is 24.0 Å². The molecule has 32 heavy (non-hydrogen) atoms. The number of rotatable bonds is 8. The van der Waals surface area contributed by atoms with Gasteiger partial charge in [0, 0.05) is 45.6 Å². The molecule has 2 atom stereocenters. The van der Waals surface area contributed by atoms with Gasteiger partial charge in [-0.2, -0.15) is 0 Å². The van der Waals surface area contributed by atoms with E-state index < -0.39 is 0 Å². The van der Waals surface area contributed by atoms with Crippen molar-refractivity contribution in [2.24, 2.45) is 10.9 Å². The highest BCUT2D eigenvalue weighted by Crippen LogP contribution is 2.33. The molecular formula is C25H35IN4O2.